The van der Waals surface area contributed by atoms with Crippen LogP contribution in [0.1, 0.15) is 52.0 Å². The van der Waals surface area contributed by atoms with Crippen molar-refractivity contribution in [1.82, 2.24) is 5.32 Å². The number of hydrogen-bond acceptors (Lipinski definition) is 7. The van der Waals surface area contributed by atoms with Gasteiger partial charge in [-0.1, -0.05) is 42.3 Å². The van der Waals surface area contributed by atoms with Gasteiger partial charge in [0.25, 0.3) is 0 Å². The zero-order chi connectivity index (χ0) is 31.2. The van der Waals surface area contributed by atoms with Gasteiger partial charge in [-0.2, -0.15) is 0 Å². The second-order valence-corrected chi connectivity index (χ2v) is 10.9. The number of ether oxygens (including phenoxy) is 4. The zero-order valence-corrected chi connectivity index (χ0v) is 26.8. The van der Waals surface area contributed by atoms with E-state index in [-0.39, 0.29) is 30.1 Å². The monoisotopic (exact) mass is 596 g/mol. The summed E-state index contributed by atoms with van der Waals surface area (Å²) < 4.78 is 21.7. The number of aliphatic hydroxyl groups excluding tert-OH is 1. The number of carbonyl (C=O) groups is 2. The third-order valence-electron chi connectivity index (χ3n) is 7.42. The van der Waals surface area contributed by atoms with Gasteiger partial charge < -0.3 is 34.3 Å². The summed E-state index contributed by atoms with van der Waals surface area (Å²) in [5.74, 6) is 0.607. The molecule has 1 aromatic carbocycles. The summed E-state index contributed by atoms with van der Waals surface area (Å²) in [4.78, 5) is 26.0. The zero-order valence-electron chi connectivity index (χ0n) is 26.0. The van der Waals surface area contributed by atoms with Crippen LogP contribution in [0.3, 0.4) is 0 Å². The third kappa shape index (κ3) is 10.7. The van der Waals surface area contributed by atoms with Crippen LogP contribution in [-0.2, 0) is 30.2 Å². The van der Waals surface area contributed by atoms with Crippen LogP contribution in [-0.4, -0.2) is 83.9 Å². The molecule has 0 spiro atoms. The molecule has 41 heavy (non-hydrogen) atoms. The molecule has 2 amide bonds. The maximum absolute atomic E-state index is 13.2. The van der Waals surface area contributed by atoms with Gasteiger partial charge in [0.2, 0.25) is 12.3 Å². The molecule has 2 N–H and O–H groups in total. The van der Waals surface area contributed by atoms with Crippen molar-refractivity contribution >= 4 is 29.6 Å². The number of fused-ring (bicyclic) bond motifs is 3. The second kappa shape index (κ2) is 18.2. The van der Waals surface area contributed by atoms with Gasteiger partial charge >= 0.3 is 0 Å². The Morgan fingerprint density at radius 1 is 1.22 bits per heavy atom. The van der Waals surface area contributed by atoms with Gasteiger partial charge in [0.15, 0.2) is 0 Å². The van der Waals surface area contributed by atoms with Crippen molar-refractivity contribution in [2.45, 2.75) is 76.7 Å². The number of epoxide rings is 1. The summed E-state index contributed by atoms with van der Waals surface area (Å²) in [5.41, 5.74) is 2.38. The number of methoxy groups -OCH3 is 3. The van der Waals surface area contributed by atoms with Crippen molar-refractivity contribution in [1.29, 1.82) is 0 Å². The predicted octanol–water partition coefficient (Wildman–Crippen LogP) is 4.72. The highest BCUT2D eigenvalue weighted by Crippen LogP contribution is 2.47. The highest BCUT2D eigenvalue weighted by Gasteiger charge is 2.56. The van der Waals surface area contributed by atoms with E-state index in [4.69, 9.17) is 30.9 Å². The number of benzene rings is 1. The van der Waals surface area contributed by atoms with Crippen LogP contribution in [0.4, 0.5) is 5.69 Å². The van der Waals surface area contributed by atoms with Crippen LogP contribution >= 0.6 is 11.6 Å². The summed E-state index contributed by atoms with van der Waals surface area (Å²) in [5, 5.41) is 10.3. The van der Waals surface area contributed by atoms with Crippen molar-refractivity contribution in [3.05, 3.63) is 46.5 Å². The van der Waals surface area contributed by atoms with Gasteiger partial charge in [-0.15, -0.1) is 0 Å². The number of nitrogens with zero attached hydrogens (tertiary/aromatic N) is 1. The Balaban J connectivity index is 0.00000157. The van der Waals surface area contributed by atoms with E-state index in [1.54, 1.807) is 40.4 Å². The molecule has 232 valence electrons. The fourth-order valence-corrected chi connectivity index (χ4v) is 5.41. The number of amides is 2. The maximum Gasteiger partial charge on any atom is 0.226 e. The first-order chi connectivity index (χ1) is 19.5. The van der Waals surface area contributed by atoms with Crippen LogP contribution in [0.15, 0.2) is 35.9 Å². The van der Waals surface area contributed by atoms with Crippen LogP contribution < -0.4 is 15.0 Å². The molecule has 2 bridgehead atoms. The molecular weight excluding hydrogens is 548 g/mol. The molecule has 5 atom stereocenters. The van der Waals surface area contributed by atoms with Gasteiger partial charge in [0, 0.05) is 53.9 Å². The first kappa shape index (κ1) is 36.6. The Morgan fingerprint density at radius 3 is 2.46 bits per heavy atom. The molecule has 2 aliphatic heterocycles. The maximum atomic E-state index is 13.2. The van der Waals surface area contributed by atoms with Gasteiger partial charge in [0.1, 0.15) is 10.8 Å². The fraction of sp³-hybridized carbons (Fsp3) is 0.613. The molecule has 9 nitrogen and oxygen atoms in total. The van der Waals surface area contributed by atoms with Gasteiger partial charge in [-0.25, -0.2) is 0 Å². The Bertz CT molecular complexity index is 1030. The van der Waals surface area contributed by atoms with E-state index in [9.17, 15) is 9.59 Å². The molecule has 10 heteroatoms. The number of carbonyl (C=O) groups excluding carboxylic acids is 2. The lowest BCUT2D eigenvalue weighted by molar-refractivity contribution is -0.118. The molecule has 2 aliphatic rings. The average molecular weight is 597 g/mol. The molecule has 1 aromatic rings. The standard InChI is InChI=1S/C28H39ClN2O5.C2H6O.CH4O/c1-18-9-7-8-10-21(30-17-32)16-23(34-5)19(2)27-28(3,36-27)12-11-25(33)31(4)22-14-20(13-18)15-24(35-6)26(22)29;1-3-2;1-2/h7-9,14-15,17,19,21,23,27H,10-13,16H2,1-6H3,(H,30,32);1-2H3;2H,1H3/b8-7+,18-9+;;/t19-,21?,23?,27?,28?;;/m1../s1. The molecule has 0 radical (unpaired) electrons. The lowest BCUT2D eigenvalue weighted by Gasteiger charge is -2.26. The molecule has 0 aliphatic carbocycles. The molecular formula is C31H49ClN2O7. The van der Waals surface area contributed by atoms with E-state index >= 15 is 0 Å². The summed E-state index contributed by atoms with van der Waals surface area (Å²) in [6, 6.07) is 3.81. The Labute approximate surface area is 250 Å². The Hall–Kier alpha value is -2.43. The molecule has 1 fully saturated rings. The number of rotatable bonds is 4. The lowest BCUT2D eigenvalue weighted by atomic mass is 9.87. The first-order valence-electron chi connectivity index (χ1n) is 13.8. The van der Waals surface area contributed by atoms with E-state index in [2.05, 4.69) is 36.1 Å². The second-order valence-electron chi connectivity index (χ2n) is 10.5. The molecule has 4 unspecified atom stereocenters. The van der Waals surface area contributed by atoms with E-state index in [1.165, 1.54) is 0 Å². The summed E-state index contributed by atoms with van der Waals surface area (Å²) in [7, 11) is 9.27. The number of hydrogen-bond donors (Lipinski definition) is 2. The van der Waals surface area contributed by atoms with E-state index in [0.717, 1.165) is 24.7 Å². The van der Waals surface area contributed by atoms with Crippen molar-refractivity contribution in [3.8, 4) is 5.75 Å². The van der Waals surface area contributed by atoms with Gasteiger partial charge in [-0.3, -0.25) is 9.59 Å². The van der Waals surface area contributed by atoms with E-state index < -0.39 is 5.60 Å². The predicted molar refractivity (Wildman–Crippen MR) is 164 cm³/mol. The largest absolute Gasteiger partial charge is 0.495 e. The van der Waals surface area contributed by atoms with Crippen LogP contribution in [0.5, 0.6) is 5.75 Å². The van der Waals surface area contributed by atoms with E-state index in [1.807, 2.05) is 25.1 Å². The molecule has 0 saturated carbocycles. The van der Waals surface area contributed by atoms with Crippen LogP contribution in [0, 0.1) is 5.92 Å². The highest BCUT2D eigenvalue weighted by molar-refractivity contribution is 6.35. The SMILES string of the molecule is CO.COC.COc1cc2cc(c1Cl)N(C)C(=O)CCC1(C)OC1[C@H](C)C(OC)CC(NC=O)C/C=C/C=C(\C)C2. The van der Waals surface area contributed by atoms with Crippen LogP contribution in [0.25, 0.3) is 0 Å². The molecule has 0 aromatic heterocycles. The highest BCUT2D eigenvalue weighted by atomic mass is 35.5. The van der Waals surface area contributed by atoms with Crippen molar-refractivity contribution in [2.24, 2.45) is 5.92 Å². The topological polar surface area (TPSA) is 110 Å². The number of allylic oxidation sites excluding steroid dienone is 3. The van der Waals surface area contributed by atoms with Crippen LogP contribution in [0.2, 0.25) is 5.02 Å². The molecule has 2 heterocycles. The van der Waals surface area contributed by atoms with Crippen molar-refractivity contribution in [3.63, 3.8) is 0 Å². The number of nitrogens with one attached hydrogen (secondary N) is 1. The summed E-state index contributed by atoms with van der Waals surface area (Å²) >= 11 is 6.61. The van der Waals surface area contributed by atoms with Crippen molar-refractivity contribution < 1.29 is 33.6 Å². The minimum absolute atomic E-state index is 0.0207. The Morgan fingerprint density at radius 2 is 1.88 bits per heavy atom. The fourth-order valence-electron chi connectivity index (χ4n) is 5.10. The lowest BCUT2D eigenvalue weighted by Crippen LogP contribution is -2.37. The molecule has 3 rings (SSSR count). The van der Waals surface area contributed by atoms with Gasteiger partial charge in [-0.05, 0) is 57.2 Å². The third-order valence-corrected chi connectivity index (χ3v) is 7.80. The number of aliphatic hydroxyl groups is 1. The van der Waals surface area contributed by atoms with E-state index in [0.29, 0.717) is 48.6 Å². The molecule has 1 saturated heterocycles. The normalized spacial score (nSPS) is 28.8. The summed E-state index contributed by atoms with van der Waals surface area (Å²) in [6.07, 6.45) is 9.74. The smallest absolute Gasteiger partial charge is 0.226 e. The number of halogens is 1. The minimum atomic E-state index is -0.395. The van der Waals surface area contributed by atoms with Gasteiger partial charge in [0.05, 0.1) is 30.6 Å². The quantitative estimate of drug-likeness (QED) is 0.382. The number of anilines is 1. The summed E-state index contributed by atoms with van der Waals surface area (Å²) in [6.45, 7) is 6.21. The van der Waals surface area contributed by atoms with Crippen molar-refractivity contribution in [2.75, 3.05) is 47.5 Å². The minimum Gasteiger partial charge on any atom is -0.495 e. The Kier molecular flexibility index (Phi) is 16.2. The first-order valence-corrected chi connectivity index (χ1v) is 14.1. The average Bonchev–Trinajstić information content (AvgIpc) is 3.64.